The van der Waals surface area contributed by atoms with Gasteiger partial charge in [-0.1, -0.05) is 24.3 Å². The molecule has 1 fully saturated rings. The van der Waals surface area contributed by atoms with Gasteiger partial charge >= 0.3 is 29.6 Å². The fourth-order valence-corrected chi connectivity index (χ4v) is 4.39. The minimum Gasteiger partial charge on any atom is -0.492 e. The molecule has 0 saturated carbocycles. The Morgan fingerprint density at radius 3 is 2.65 bits per heavy atom. The molecule has 3 aromatic rings. The Hall–Kier alpha value is -1.29. The van der Waals surface area contributed by atoms with E-state index in [0.29, 0.717) is 25.0 Å². The van der Waals surface area contributed by atoms with Crippen molar-refractivity contribution in [3.63, 3.8) is 0 Å². The van der Waals surface area contributed by atoms with E-state index < -0.39 is 16.6 Å². The van der Waals surface area contributed by atoms with Gasteiger partial charge in [0.15, 0.2) is 5.79 Å². The van der Waals surface area contributed by atoms with Crippen LogP contribution < -0.4 is 39.3 Å². The molecule has 0 N–H and O–H groups in total. The number of hydrogen-bond donors (Lipinski definition) is 0. The van der Waals surface area contributed by atoms with Gasteiger partial charge in [0.05, 0.1) is 42.1 Å². The normalized spacial score (nSPS) is 17.3. The van der Waals surface area contributed by atoms with Crippen molar-refractivity contribution in [2.45, 2.75) is 44.4 Å². The number of pyridine rings is 1. The molecule has 0 unspecified atom stereocenters. The smallest absolute Gasteiger partial charge is 0.492 e. The largest absolute Gasteiger partial charge is 1.00 e. The van der Waals surface area contributed by atoms with Crippen molar-refractivity contribution in [3.8, 4) is 5.75 Å². The van der Waals surface area contributed by atoms with E-state index in [1.807, 2.05) is 52.0 Å². The third kappa shape index (κ3) is 5.74. The van der Waals surface area contributed by atoms with Crippen molar-refractivity contribution < 1.29 is 48.0 Å². The monoisotopic (exact) mass is 451 g/mol. The van der Waals surface area contributed by atoms with Crippen LogP contribution >= 0.6 is 0 Å². The maximum Gasteiger partial charge on any atom is 1.00 e. The van der Waals surface area contributed by atoms with Gasteiger partial charge in [0.25, 0.3) is 0 Å². The molecular formula is C22H26N3NaO4S. The quantitative estimate of drug-likeness (QED) is 0.498. The van der Waals surface area contributed by atoms with Gasteiger partial charge < -0.3 is 24.2 Å². The van der Waals surface area contributed by atoms with Crippen molar-refractivity contribution in [1.82, 2.24) is 15.0 Å². The molecule has 9 heteroatoms. The molecule has 160 valence electrons. The summed E-state index contributed by atoms with van der Waals surface area (Å²) in [5.41, 5.74) is 4.05. The van der Waals surface area contributed by atoms with Crippen molar-refractivity contribution in [2.24, 2.45) is 5.92 Å². The molecule has 1 aliphatic rings. The third-order valence-electron chi connectivity index (χ3n) is 5.13. The molecule has 0 amide bonds. The molecule has 31 heavy (non-hydrogen) atoms. The van der Waals surface area contributed by atoms with E-state index in [1.54, 1.807) is 6.20 Å². The zero-order chi connectivity index (χ0) is 21.3. The van der Waals surface area contributed by atoms with E-state index in [0.717, 1.165) is 33.6 Å². The molecule has 0 aliphatic carbocycles. The molecule has 1 aromatic carbocycles. The molecule has 3 heterocycles. The molecule has 1 saturated heterocycles. The number of ether oxygens (including phenoxy) is 3. The van der Waals surface area contributed by atoms with Crippen LogP contribution in [0.2, 0.25) is 0 Å². The number of rotatable bonds is 6. The van der Waals surface area contributed by atoms with Crippen molar-refractivity contribution >= 4 is 21.8 Å². The van der Waals surface area contributed by atoms with Crippen LogP contribution in [0, 0.1) is 19.8 Å². The van der Waals surface area contributed by atoms with E-state index in [4.69, 9.17) is 14.2 Å². The van der Waals surface area contributed by atoms with Crippen LogP contribution in [0.25, 0.3) is 11.0 Å². The predicted molar refractivity (Wildman–Crippen MR) is 114 cm³/mol. The summed E-state index contributed by atoms with van der Waals surface area (Å²) in [6.45, 7) is 9.40. The summed E-state index contributed by atoms with van der Waals surface area (Å²) in [4.78, 5) is 13.3. The molecule has 1 atom stereocenters. The first-order valence-electron chi connectivity index (χ1n) is 9.96. The van der Waals surface area contributed by atoms with Gasteiger partial charge in [-0.3, -0.25) is 9.19 Å². The molecule has 0 spiro atoms. The Bertz CT molecular complexity index is 1040. The first-order valence-corrected chi connectivity index (χ1v) is 11.3. The summed E-state index contributed by atoms with van der Waals surface area (Å²) in [7, 11) is -1.39. The van der Waals surface area contributed by atoms with Crippen molar-refractivity contribution in [2.75, 3.05) is 19.8 Å². The number of benzene rings is 1. The molecular weight excluding hydrogens is 425 g/mol. The van der Waals surface area contributed by atoms with E-state index in [1.165, 1.54) is 0 Å². The Kier molecular flexibility index (Phi) is 7.94. The summed E-state index contributed by atoms with van der Waals surface area (Å²) in [5.74, 6) is 0.634. The molecule has 7 nitrogen and oxygen atoms in total. The minimum atomic E-state index is -1.39. The molecule has 4 rings (SSSR count). The van der Waals surface area contributed by atoms with Crippen LogP contribution in [0.5, 0.6) is 5.75 Å². The van der Waals surface area contributed by atoms with E-state index in [9.17, 15) is 4.21 Å². The summed E-state index contributed by atoms with van der Waals surface area (Å²) in [6, 6.07) is 7.51. The zero-order valence-corrected chi connectivity index (χ0v) is 21.5. The first kappa shape index (κ1) is 24.4. The van der Waals surface area contributed by atoms with Crippen LogP contribution in [0.1, 0.15) is 30.7 Å². The van der Waals surface area contributed by atoms with Gasteiger partial charge in [-0.15, -0.1) is 0 Å². The van der Waals surface area contributed by atoms with Crippen LogP contribution in [0.3, 0.4) is 0 Å². The fourth-order valence-electron chi connectivity index (χ4n) is 3.32. The van der Waals surface area contributed by atoms with Crippen LogP contribution in [-0.2, 0) is 26.0 Å². The number of hydrogen-bond acceptors (Lipinski definition) is 6. The Morgan fingerprint density at radius 2 is 1.94 bits per heavy atom. The predicted octanol–water partition coefficient (Wildman–Crippen LogP) is 0.294. The summed E-state index contributed by atoms with van der Waals surface area (Å²) in [5, 5.41) is 0.333. The summed E-state index contributed by atoms with van der Waals surface area (Å²) >= 11 is 0. The molecule has 0 radical (unpaired) electrons. The minimum absolute atomic E-state index is 0. The standard InChI is InChI=1S/C22H26N3O4S.Na/c1-14-9-23-19(13-30(26)21-24-17-7-5-6-8-18(17)25-21)15(2)20(14)27-10-16-11-28-22(3,4)29-12-16;/h5-9,16H,10-13H2,1-4H3;/q-1;+1/t30-;/m0./s1. The number of imidazole rings is 1. The first-order chi connectivity index (χ1) is 14.3. The number of para-hydroxylation sites is 2. The van der Waals surface area contributed by atoms with Crippen molar-refractivity contribution in [3.05, 3.63) is 47.3 Å². The van der Waals surface area contributed by atoms with E-state index in [-0.39, 0.29) is 41.2 Å². The average Bonchev–Trinajstić information content (AvgIpc) is 3.15. The Morgan fingerprint density at radius 1 is 1.23 bits per heavy atom. The average molecular weight is 452 g/mol. The third-order valence-corrected chi connectivity index (χ3v) is 6.25. The maximum atomic E-state index is 12.9. The van der Waals surface area contributed by atoms with Gasteiger partial charge in [-0.25, -0.2) is 0 Å². The van der Waals surface area contributed by atoms with E-state index in [2.05, 4.69) is 15.0 Å². The van der Waals surface area contributed by atoms with Crippen molar-refractivity contribution in [1.29, 1.82) is 0 Å². The Balaban J connectivity index is 0.00000272. The summed E-state index contributed by atoms with van der Waals surface area (Å²) < 4.78 is 30.4. The number of nitrogens with zero attached hydrogens (tertiary/aromatic N) is 3. The topological polar surface area (TPSA) is 84.6 Å². The van der Waals surface area contributed by atoms with Crippen LogP contribution in [-0.4, -0.2) is 39.8 Å². The van der Waals surface area contributed by atoms with Gasteiger partial charge in [0.2, 0.25) is 0 Å². The number of aryl methyl sites for hydroxylation is 1. The SMILES string of the molecule is Cc1cnc(C[S@](=O)c2nc3ccccc3[n-]2)c(C)c1OCC1COC(C)(C)OC1.[Na+]. The molecule has 2 aromatic heterocycles. The van der Waals surface area contributed by atoms with Crippen LogP contribution in [0.15, 0.2) is 35.6 Å². The maximum absolute atomic E-state index is 12.9. The van der Waals surface area contributed by atoms with Gasteiger partial charge in [0, 0.05) is 28.4 Å². The second-order valence-electron chi connectivity index (χ2n) is 8.03. The summed E-state index contributed by atoms with van der Waals surface area (Å²) in [6.07, 6.45) is 1.76. The number of aromatic nitrogens is 3. The van der Waals surface area contributed by atoms with Gasteiger partial charge in [-0.05, 0) is 38.7 Å². The fraction of sp³-hybridized carbons (Fsp3) is 0.455. The molecule has 0 bridgehead atoms. The van der Waals surface area contributed by atoms with Gasteiger partial charge in [0.1, 0.15) is 5.75 Å². The van der Waals surface area contributed by atoms with E-state index >= 15 is 0 Å². The number of fused-ring (bicyclic) bond motifs is 1. The second-order valence-corrected chi connectivity index (χ2v) is 9.37. The Labute approximate surface area is 207 Å². The molecule has 1 aliphatic heterocycles. The van der Waals surface area contributed by atoms with Gasteiger partial charge in [-0.2, -0.15) is 0 Å². The van der Waals surface area contributed by atoms with Crippen LogP contribution in [0.4, 0.5) is 0 Å². The second kappa shape index (κ2) is 10.1. The zero-order valence-electron chi connectivity index (χ0n) is 18.7.